The third-order valence-corrected chi connectivity index (χ3v) is 2.54. The van der Waals surface area contributed by atoms with Gasteiger partial charge in [0.05, 0.1) is 6.10 Å². The Morgan fingerprint density at radius 1 is 1.43 bits per heavy atom. The molecule has 82 valence electrons. The van der Waals surface area contributed by atoms with Gasteiger partial charge in [-0.25, -0.2) is 0 Å². The Hall–Kier alpha value is -0.630. The molecule has 0 N–H and O–H groups in total. The quantitative estimate of drug-likeness (QED) is 0.464. The summed E-state index contributed by atoms with van der Waals surface area (Å²) in [6.45, 7) is 6.36. The molecule has 0 aliphatic heterocycles. The van der Waals surface area contributed by atoms with Gasteiger partial charge in [0, 0.05) is 12.5 Å². The highest BCUT2D eigenvalue weighted by Crippen LogP contribution is 2.28. The molecule has 0 aliphatic rings. The fraction of sp³-hybridized carbons (Fsp3) is 0.750. The first-order chi connectivity index (χ1) is 6.58. The topological polar surface area (TPSA) is 26.3 Å². The summed E-state index contributed by atoms with van der Waals surface area (Å²) in [5.41, 5.74) is -0.0647. The molecule has 0 fully saturated rings. The second-order valence-electron chi connectivity index (χ2n) is 4.18. The van der Waals surface area contributed by atoms with Gasteiger partial charge >= 0.3 is 0 Å². The van der Waals surface area contributed by atoms with Crippen molar-refractivity contribution < 1.29 is 9.53 Å². The number of methoxy groups -OCH3 is 1. The van der Waals surface area contributed by atoms with Crippen LogP contribution in [-0.4, -0.2) is 19.5 Å². The first-order valence-corrected chi connectivity index (χ1v) is 5.24. The minimum Gasteiger partial charge on any atom is -0.381 e. The minimum atomic E-state index is -0.0647. The molecule has 0 spiro atoms. The maximum Gasteiger partial charge on any atom is 0.142 e. The van der Waals surface area contributed by atoms with Crippen LogP contribution in [0.25, 0.3) is 0 Å². The largest absolute Gasteiger partial charge is 0.381 e. The second kappa shape index (κ2) is 6.77. The van der Waals surface area contributed by atoms with E-state index >= 15 is 0 Å². The number of unbranched alkanes of at least 4 members (excludes halogenated alkanes) is 1. The highest BCUT2D eigenvalue weighted by Gasteiger charge is 2.25. The number of ether oxygens (including phenoxy) is 1. The van der Waals surface area contributed by atoms with Crippen molar-refractivity contribution >= 4 is 6.29 Å². The van der Waals surface area contributed by atoms with Crippen molar-refractivity contribution in [3.8, 4) is 0 Å². The zero-order valence-corrected chi connectivity index (χ0v) is 9.75. The predicted molar refractivity (Wildman–Crippen MR) is 59.3 cm³/mol. The minimum absolute atomic E-state index is 0.0647. The number of hydrogen-bond acceptors (Lipinski definition) is 2. The van der Waals surface area contributed by atoms with E-state index in [1.807, 2.05) is 6.08 Å². The van der Waals surface area contributed by atoms with Crippen LogP contribution in [0.4, 0.5) is 0 Å². The summed E-state index contributed by atoms with van der Waals surface area (Å²) in [4.78, 5) is 10.2. The monoisotopic (exact) mass is 198 g/mol. The molecule has 0 saturated carbocycles. The first kappa shape index (κ1) is 13.4. The van der Waals surface area contributed by atoms with Crippen LogP contribution < -0.4 is 0 Å². The van der Waals surface area contributed by atoms with Crippen LogP contribution in [0.5, 0.6) is 0 Å². The van der Waals surface area contributed by atoms with E-state index in [-0.39, 0.29) is 11.5 Å². The SMILES string of the molecule is CCCCC(OC)C(C)(C)/C=C/C=O. The van der Waals surface area contributed by atoms with E-state index in [2.05, 4.69) is 20.8 Å². The van der Waals surface area contributed by atoms with E-state index in [1.54, 1.807) is 13.2 Å². The standard InChI is InChI=1S/C12H22O2/c1-5-6-8-11(14-4)12(2,3)9-7-10-13/h7,9-11H,5-6,8H2,1-4H3/b9-7+. The highest BCUT2D eigenvalue weighted by molar-refractivity contribution is 5.64. The van der Waals surface area contributed by atoms with Gasteiger partial charge < -0.3 is 4.74 Å². The molecule has 0 bridgehead atoms. The lowest BCUT2D eigenvalue weighted by Gasteiger charge is -2.30. The van der Waals surface area contributed by atoms with Crippen molar-refractivity contribution in [2.45, 2.75) is 46.1 Å². The average Bonchev–Trinajstić information content (AvgIpc) is 2.16. The second-order valence-corrected chi connectivity index (χ2v) is 4.18. The van der Waals surface area contributed by atoms with Gasteiger partial charge in [0.25, 0.3) is 0 Å². The van der Waals surface area contributed by atoms with Crippen molar-refractivity contribution in [1.29, 1.82) is 0 Å². The molecule has 0 aromatic carbocycles. The van der Waals surface area contributed by atoms with Crippen LogP contribution in [-0.2, 0) is 9.53 Å². The molecule has 2 heteroatoms. The fourth-order valence-corrected chi connectivity index (χ4v) is 1.58. The van der Waals surface area contributed by atoms with Crippen molar-refractivity contribution in [1.82, 2.24) is 0 Å². The summed E-state index contributed by atoms with van der Waals surface area (Å²) in [6.07, 6.45) is 7.86. The molecule has 0 heterocycles. The van der Waals surface area contributed by atoms with E-state index in [0.717, 1.165) is 19.1 Å². The third-order valence-electron chi connectivity index (χ3n) is 2.54. The van der Waals surface area contributed by atoms with Gasteiger partial charge in [0.15, 0.2) is 0 Å². The Labute approximate surface area is 87.3 Å². The van der Waals surface area contributed by atoms with Gasteiger partial charge in [0.2, 0.25) is 0 Å². The predicted octanol–water partition coefficient (Wildman–Crippen LogP) is 2.97. The molecule has 14 heavy (non-hydrogen) atoms. The summed E-state index contributed by atoms with van der Waals surface area (Å²) >= 11 is 0. The molecule has 0 radical (unpaired) electrons. The van der Waals surface area contributed by atoms with Crippen LogP contribution in [0.1, 0.15) is 40.0 Å². The van der Waals surface area contributed by atoms with Gasteiger partial charge in [-0.05, 0) is 12.5 Å². The summed E-state index contributed by atoms with van der Waals surface area (Å²) in [7, 11) is 1.73. The molecular formula is C12H22O2. The molecule has 0 amide bonds. The van der Waals surface area contributed by atoms with Crippen LogP contribution in [0, 0.1) is 5.41 Å². The number of carbonyl (C=O) groups is 1. The number of allylic oxidation sites excluding steroid dienone is 1. The Morgan fingerprint density at radius 2 is 2.07 bits per heavy atom. The van der Waals surface area contributed by atoms with Crippen molar-refractivity contribution in [2.75, 3.05) is 7.11 Å². The zero-order valence-electron chi connectivity index (χ0n) is 9.75. The van der Waals surface area contributed by atoms with Gasteiger partial charge in [0.1, 0.15) is 6.29 Å². The molecule has 0 rings (SSSR count). The molecule has 0 aromatic rings. The molecule has 0 saturated heterocycles. The van der Waals surface area contributed by atoms with Crippen LogP contribution >= 0.6 is 0 Å². The molecule has 0 aliphatic carbocycles. The van der Waals surface area contributed by atoms with E-state index < -0.39 is 0 Å². The smallest absolute Gasteiger partial charge is 0.142 e. The highest BCUT2D eigenvalue weighted by atomic mass is 16.5. The molecule has 1 atom stereocenters. The normalized spacial score (nSPS) is 14.6. The Kier molecular flexibility index (Phi) is 6.46. The van der Waals surface area contributed by atoms with E-state index in [0.29, 0.717) is 0 Å². The van der Waals surface area contributed by atoms with Gasteiger partial charge in [-0.3, -0.25) is 4.79 Å². The third kappa shape index (κ3) is 4.56. The maximum atomic E-state index is 10.2. The summed E-state index contributed by atoms with van der Waals surface area (Å²) in [5.74, 6) is 0. The number of rotatable bonds is 7. The number of aldehydes is 1. The Balaban J connectivity index is 4.31. The molecular weight excluding hydrogens is 176 g/mol. The van der Waals surface area contributed by atoms with Crippen LogP contribution in [0.2, 0.25) is 0 Å². The number of hydrogen-bond donors (Lipinski definition) is 0. The molecule has 1 unspecified atom stereocenters. The van der Waals surface area contributed by atoms with Crippen molar-refractivity contribution in [2.24, 2.45) is 5.41 Å². The first-order valence-electron chi connectivity index (χ1n) is 5.24. The van der Waals surface area contributed by atoms with E-state index in [9.17, 15) is 4.79 Å². The van der Waals surface area contributed by atoms with Crippen LogP contribution in [0.3, 0.4) is 0 Å². The summed E-state index contributed by atoms with van der Waals surface area (Å²) in [5, 5.41) is 0. The van der Waals surface area contributed by atoms with Gasteiger partial charge in [-0.1, -0.05) is 39.7 Å². The molecule has 2 nitrogen and oxygen atoms in total. The van der Waals surface area contributed by atoms with Gasteiger partial charge in [-0.15, -0.1) is 0 Å². The molecule has 0 aromatic heterocycles. The van der Waals surface area contributed by atoms with E-state index in [1.165, 1.54) is 6.42 Å². The fourth-order valence-electron chi connectivity index (χ4n) is 1.58. The summed E-state index contributed by atoms with van der Waals surface area (Å²) in [6, 6.07) is 0. The lowest BCUT2D eigenvalue weighted by Crippen LogP contribution is -2.29. The Bertz CT molecular complexity index is 183. The van der Waals surface area contributed by atoms with Crippen LogP contribution in [0.15, 0.2) is 12.2 Å². The lowest BCUT2D eigenvalue weighted by molar-refractivity contribution is -0.104. The number of carbonyl (C=O) groups excluding carboxylic acids is 1. The zero-order chi connectivity index (χ0) is 11.0. The van der Waals surface area contributed by atoms with Gasteiger partial charge in [-0.2, -0.15) is 0 Å². The average molecular weight is 198 g/mol. The maximum absolute atomic E-state index is 10.2. The van der Waals surface area contributed by atoms with E-state index in [4.69, 9.17) is 4.74 Å². The lowest BCUT2D eigenvalue weighted by atomic mass is 9.83. The van der Waals surface area contributed by atoms with Crippen molar-refractivity contribution in [3.63, 3.8) is 0 Å². The Morgan fingerprint density at radius 3 is 2.50 bits per heavy atom. The van der Waals surface area contributed by atoms with Crippen molar-refractivity contribution in [3.05, 3.63) is 12.2 Å². The summed E-state index contributed by atoms with van der Waals surface area (Å²) < 4.78 is 5.45.